The van der Waals surface area contributed by atoms with E-state index in [4.69, 9.17) is 19.4 Å². The second-order valence-corrected chi connectivity index (χ2v) is 10.4. The van der Waals surface area contributed by atoms with Crippen LogP contribution in [0.5, 0.6) is 5.75 Å². The molecule has 0 N–H and O–H groups in total. The Balaban J connectivity index is 1.50. The topological polar surface area (TPSA) is 84.9 Å². The van der Waals surface area contributed by atoms with E-state index in [2.05, 4.69) is 4.90 Å². The molecule has 1 fully saturated rings. The highest BCUT2D eigenvalue weighted by molar-refractivity contribution is 7.89. The first-order valence-electron chi connectivity index (χ1n) is 11.4. The first-order valence-corrected chi connectivity index (χ1v) is 12.9. The van der Waals surface area contributed by atoms with Gasteiger partial charge in [-0.1, -0.05) is 30.3 Å². The molecule has 0 atom stereocenters. The van der Waals surface area contributed by atoms with Crippen molar-refractivity contribution >= 4 is 15.8 Å². The molecule has 8 nitrogen and oxygen atoms in total. The summed E-state index contributed by atoms with van der Waals surface area (Å²) in [6, 6.07) is 16.5. The maximum Gasteiger partial charge on any atom is 0.243 e. The van der Waals surface area contributed by atoms with Gasteiger partial charge in [-0.25, -0.2) is 18.4 Å². The molecule has 1 aromatic heterocycles. The molecule has 3 heterocycles. The lowest BCUT2D eigenvalue weighted by Crippen LogP contribution is -2.41. The number of morpholine rings is 1. The molecule has 0 spiro atoms. The second kappa shape index (κ2) is 9.69. The van der Waals surface area contributed by atoms with Gasteiger partial charge < -0.3 is 14.4 Å². The van der Waals surface area contributed by atoms with Gasteiger partial charge in [0.15, 0.2) is 0 Å². The molecule has 0 saturated carbocycles. The van der Waals surface area contributed by atoms with Crippen molar-refractivity contribution in [1.82, 2.24) is 14.3 Å². The Labute approximate surface area is 200 Å². The monoisotopic (exact) mass is 480 g/mol. The van der Waals surface area contributed by atoms with E-state index in [0.717, 1.165) is 34.2 Å². The number of aromatic nitrogens is 2. The number of ether oxygens (including phenoxy) is 2. The SMILES string of the molecule is COc1cccc(Cc2nc3c(c(N4CCOCC4)n2)CN(S(=O)(=O)c2ccccc2)CC3)c1. The molecule has 2 aliphatic heterocycles. The average molecular weight is 481 g/mol. The number of hydrogen-bond acceptors (Lipinski definition) is 7. The van der Waals surface area contributed by atoms with E-state index in [9.17, 15) is 8.42 Å². The molecule has 1 saturated heterocycles. The highest BCUT2D eigenvalue weighted by Crippen LogP contribution is 2.31. The first-order chi connectivity index (χ1) is 16.5. The maximum absolute atomic E-state index is 13.3. The highest BCUT2D eigenvalue weighted by atomic mass is 32.2. The van der Waals surface area contributed by atoms with Gasteiger partial charge in [-0.15, -0.1) is 0 Å². The van der Waals surface area contributed by atoms with Crippen molar-refractivity contribution in [3.8, 4) is 5.75 Å². The number of sulfonamides is 1. The minimum Gasteiger partial charge on any atom is -0.497 e. The van der Waals surface area contributed by atoms with Gasteiger partial charge in [0, 0.05) is 44.6 Å². The van der Waals surface area contributed by atoms with E-state index in [0.29, 0.717) is 50.6 Å². The highest BCUT2D eigenvalue weighted by Gasteiger charge is 2.32. The zero-order valence-electron chi connectivity index (χ0n) is 19.2. The standard InChI is InChI=1S/C25H28N4O4S/c1-32-20-7-5-6-19(16-20)17-24-26-23-10-11-29(34(30,31)21-8-3-2-4-9-21)18-22(23)25(27-24)28-12-14-33-15-13-28/h2-9,16H,10-15,17-18H2,1H3. The van der Waals surface area contributed by atoms with Gasteiger partial charge in [-0.05, 0) is 29.8 Å². The molecule has 0 aliphatic carbocycles. The van der Waals surface area contributed by atoms with Crippen molar-refractivity contribution in [2.75, 3.05) is 44.9 Å². The van der Waals surface area contributed by atoms with Crippen LogP contribution in [0.3, 0.4) is 0 Å². The van der Waals surface area contributed by atoms with Gasteiger partial charge >= 0.3 is 0 Å². The molecule has 0 radical (unpaired) electrons. The Kier molecular flexibility index (Phi) is 6.49. The Bertz CT molecular complexity index is 1260. The van der Waals surface area contributed by atoms with Crippen molar-refractivity contribution in [3.63, 3.8) is 0 Å². The number of benzene rings is 2. The van der Waals surface area contributed by atoms with Crippen LogP contribution in [-0.4, -0.2) is 62.6 Å². The molecule has 0 unspecified atom stereocenters. The first kappa shape index (κ1) is 22.8. The van der Waals surface area contributed by atoms with Crippen LogP contribution >= 0.6 is 0 Å². The molecular weight excluding hydrogens is 452 g/mol. The third kappa shape index (κ3) is 4.64. The summed E-state index contributed by atoms with van der Waals surface area (Å²) in [4.78, 5) is 12.3. The van der Waals surface area contributed by atoms with E-state index in [1.54, 1.807) is 35.7 Å². The fourth-order valence-electron chi connectivity index (χ4n) is 4.45. The number of fused-ring (bicyclic) bond motifs is 1. The van der Waals surface area contributed by atoms with Gasteiger partial charge in [-0.2, -0.15) is 4.31 Å². The van der Waals surface area contributed by atoms with Crippen LogP contribution < -0.4 is 9.64 Å². The summed E-state index contributed by atoms with van der Waals surface area (Å²) in [6.07, 6.45) is 1.13. The zero-order chi connectivity index (χ0) is 23.5. The summed E-state index contributed by atoms with van der Waals surface area (Å²) in [5.41, 5.74) is 2.88. The summed E-state index contributed by atoms with van der Waals surface area (Å²) in [5, 5.41) is 0. The van der Waals surface area contributed by atoms with E-state index < -0.39 is 10.0 Å². The number of methoxy groups -OCH3 is 1. The maximum atomic E-state index is 13.3. The number of anilines is 1. The lowest BCUT2D eigenvalue weighted by Gasteiger charge is -2.34. The smallest absolute Gasteiger partial charge is 0.243 e. The fourth-order valence-corrected chi connectivity index (χ4v) is 5.88. The summed E-state index contributed by atoms with van der Waals surface area (Å²) < 4.78 is 39.0. The van der Waals surface area contributed by atoms with Crippen LogP contribution in [0.25, 0.3) is 0 Å². The largest absolute Gasteiger partial charge is 0.497 e. The van der Waals surface area contributed by atoms with Crippen molar-refractivity contribution in [2.24, 2.45) is 0 Å². The van der Waals surface area contributed by atoms with E-state index in [-0.39, 0.29) is 6.54 Å². The minimum absolute atomic E-state index is 0.263. The number of hydrogen-bond donors (Lipinski definition) is 0. The van der Waals surface area contributed by atoms with E-state index in [1.807, 2.05) is 30.3 Å². The number of rotatable bonds is 6. The normalized spacial score (nSPS) is 16.8. The molecule has 0 amide bonds. The van der Waals surface area contributed by atoms with Gasteiger partial charge in [0.05, 0.1) is 30.9 Å². The van der Waals surface area contributed by atoms with Crippen molar-refractivity contribution in [2.45, 2.75) is 24.3 Å². The quantitative estimate of drug-likeness (QED) is 0.536. The summed E-state index contributed by atoms with van der Waals surface area (Å²) >= 11 is 0. The Morgan fingerprint density at radius 3 is 2.56 bits per heavy atom. The molecule has 3 aromatic rings. The van der Waals surface area contributed by atoms with Crippen molar-refractivity contribution < 1.29 is 17.9 Å². The fraction of sp³-hybridized carbons (Fsp3) is 0.360. The Morgan fingerprint density at radius 2 is 1.79 bits per heavy atom. The molecule has 0 bridgehead atoms. The van der Waals surface area contributed by atoms with Crippen LogP contribution in [0.15, 0.2) is 59.5 Å². The Morgan fingerprint density at radius 1 is 1.00 bits per heavy atom. The Hall–Kier alpha value is -3.01. The minimum atomic E-state index is -3.60. The van der Waals surface area contributed by atoms with Crippen LogP contribution in [-0.2, 0) is 34.1 Å². The summed E-state index contributed by atoms with van der Waals surface area (Å²) in [7, 11) is -1.94. The molecule has 2 aromatic carbocycles. The molecule has 34 heavy (non-hydrogen) atoms. The van der Waals surface area contributed by atoms with Gasteiger partial charge in [0.2, 0.25) is 10.0 Å². The lowest BCUT2D eigenvalue weighted by atomic mass is 10.1. The van der Waals surface area contributed by atoms with Crippen molar-refractivity contribution in [3.05, 3.63) is 77.2 Å². The molecule has 2 aliphatic rings. The van der Waals surface area contributed by atoms with Gasteiger partial charge in [0.25, 0.3) is 0 Å². The molecule has 178 valence electrons. The predicted molar refractivity (Wildman–Crippen MR) is 129 cm³/mol. The van der Waals surface area contributed by atoms with Crippen LogP contribution in [0.4, 0.5) is 5.82 Å². The average Bonchev–Trinajstić information content (AvgIpc) is 2.89. The number of nitrogens with zero attached hydrogens (tertiary/aromatic N) is 4. The third-order valence-electron chi connectivity index (χ3n) is 6.24. The predicted octanol–water partition coefficient (Wildman–Crippen LogP) is 2.66. The molecular formula is C25H28N4O4S. The van der Waals surface area contributed by atoms with Gasteiger partial charge in [0.1, 0.15) is 17.4 Å². The molecule has 5 rings (SSSR count). The van der Waals surface area contributed by atoms with Gasteiger partial charge in [-0.3, -0.25) is 0 Å². The third-order valence-corrected chi connectivity index (χ3v) is 8.10. The molecule has 9 heteroatoms. The second-order valence-electron chi connectivity index (χ2n) is 8.42. The summed E-state index contributed by atoms with van der Waals surface area (Å²) in [6.45, 7) is 3.33. The van der Waals surface area contributed by atoms with Crippen LogP contribution in [0, 0.1) is 0 Å². The lowest BCUT2D eigenvalue weighted by molar-refractivity contribution is 0.122. The van der Waals surface area contributed by atoms with E-state index >= 15 is 0 Å². The van der Waals surface area contributed by atoms with Crippen LogP contribution in [0.2, 0.25) is 0 Å². The van der Waals surface area contributed by atoms with Crippen LogP contribution in [0.1, 0.15) is 22.6 Å². The van der Waals surface area contributed by atoms with E-state index in [1.165, 1.54) is 0 Å². The van der Waals surface area contributed by atoms with Crippen molar-refractivity contribution in [1.29, 1.82) is 0 Å². The summed E-state index contributed by atoms with van der Waals surface area (Å²) in [5.74, 6) is 2.35. The zero-order valence-corrected chi connectivity index (χ0v) is 20.0.